The van der Waals surface area contributed by atoms with E-state index in [0.717, 1.165) is 11.4 Å². The Balaban J connectivity index is 3.01. The molecule has 1 aromatic rings. The number of aromatic nitrogens is 2. The first kappa shape index (κ1) is 6.29. The maximum Gasteiger partial charge on any atom is 0.0881 e. The molecule has 0 aliphatic carbocycles. The number of rotatable bonds is 1. The Labute approximate surface area is 54.5 Å². The van der Waals surface area contributed by atoms with Crippen LogP contribution in [0, 0.1) is 13.8 Å². The summed E-state index contributed by atoms with van der Waals surface area (Å²) in [5.41, 5.74) is 7.51. The van der Waals surface area contributed by atoms with Crippen molar-refractivity contribution in [3.05, 3.63) is 17.5 Å². The second kappa shape index (κ2) is 2.19. The molecule has 1 heterocycles. The molecule has 50 valence electrons. The average Bonchev–Trinajstić information content (AvgIpc) is 2.10. The van der Waals surface area contributed by atoms with Crippen LogP contribution in [-0.2, 0) is 6.67 Å². The van der Waals surface area contributed by atoms with E-state index in [0.29, 0.717) is 6.67 Å². The summed E-state index contributed by atoms with van der Waals surface area (Å²) in [6, 6.07) is 2.01. The molecule has 3 nitrogen and oxygen atoms in total. The summed E-state index contributed by atoms with van der Waals surface area (Å²) in [4.78, 5) is 0. The number of nitrogens with two attached hydrogens (primary N) is 1. The minimum Gasteiger partial charge on any atom is -0.312 e. The summed E-state index contributed by atoms with van der Waals surface area (Å²) in [7, 11) is 0. The quantitative estimate of drug-likeness (QED) is 0.591. The van der Waals surface area contributed by atoms with Crippen LogP contribution in [0.25, 0.3) is 0 Å². The van der Waals surface area contributed by atoms with Gasteiger partial charge in [0, 0.05) is 5.69 Å². The van der Waals surface area contributed by atoms with Crippen molar-refractivity contribution in [3.8, 4) is 0 Å². The van der Waals surface area contributed by atoms with Gasteiger partial charge in [-0.15, -0.1) is 0 Å². The van der Waals surface area contributed by atoms with Crippen LogP contribution in [0.2, 0.25) is 0 Å². The van der Waals surface area contributed by atoms with Gasteiger partial charge in [-0.25, -0.2) is 0 Å². The molecular formula is C6H11N3. The molecule has 0 aliphatic heterocycles. The average molecular weight is 125 g/mol. The van der Waals surface area contributed by atoms with Gasteiger partial charge in [-0.2, -0.15) is 5.10 Å². The Morgan fingerprint density at radius 1 is 1.67 bits per heavy atom. The van der Waals surface area contributed by atoms with Crippen LogP contribution in [0.15, 0.2) is 6.07 Å². The molecule has 0 fully saturated rings. The van der Waals surface area contributed by atoms with Crippen molar-refractivity contribution >= 4 is 0 Å². The van der Waals surface area contributed by atoms with Crippen LogP contribution < -0.4 is 5.73 Å². The zero-order valence-corrected chi connectivity index (χ0v) is 5.76. The predicted octanol–water partition coefficient (Wildman–Crippen LogP) is 0.416. The van der Waals surface area contributed by atoms with Gasteiger partial charge in [0.05, 0.1) is 12.4 Å². The lowest BCUT2D eigenvalue weighted by molar-refractivity contribution is 0.615. The number of nitrogens with zero attached hydrogens (tertiary/aromatic N) is 2. The standard InChI is InChI=1S/C6H11N3/c1-5-3-6(2)9(4-7)8-5/h3H,4,7H2,1-2H3. The van der Waals surface area contributed by atoms with Crippen LogP contribution in [-0.4, -0.2) is 9.78 Å². The summed E-state index contributed by atoms with van der Waals surface area (Å²) < 4.78 is 1.77. The van der Waals surface area contributed by atoms with Gasteiger partial charge in [-0.3, -0.25) is 4.68 Å². The molecule has 0 spiro atoms. The highest BCUT2D eigenvalue weighted by molar-refractivity contribution is 5.06. The molecule has 0 saturated carbocycles. The van der Waals surface area contributed by atoms with E-state index in [4.69, 9.17) is 5.73 Å². The van der Waals surface area contributed by atoms with E-state index in [2.05, 4.69) is 5.10 Å². The van der Waals surface area contributed by atoms with Crippen molar-refractivity contribution in [3.63, 3.8) is 0 Å². The molecule has 2 N–H and O–H groups in total. The fourth-order valence-corrected chi connectivity index (χ4v) is 0.860. The van der Waals surface area contributed by atoms with Crippen molar-refractivity contribution in [2.24, 2.45) is 5.73 Å². The van der Waals surface area contributed by atoms with Gasteiger partial charge in [-0.05, 0) is 19.9 Å². The van der Waals surface area contributed by atoms with Gasteiger partial charge in [0.1, 0.15) is 0 Å². The molecule has 0 saturated heterocycles. The highest BCUT2D eigenvalue weighted by Crippen LogP contribution is 1.98. The van der Waals surface area contributed by atoms with E-state index in [9.17, 15) is 0 Å². The van der Waals surface area contributed by atoms with Crippen molar-refractivity contribution in [2.75, 3.05) is 0 Å². The molecule has 0 bridgehead atoms. The number of aryl methyl sites for hydroxylation is 2. The summed E-state index contributed by atoms with van der Waals surface area (Å²) in [5.74, 6) is 0. The lowest BCUT2D eigenvalue weighted by atomic mass is 10.4. The third kappa shape index (κ3) is 1.10. The van der Waals surface area contributed by atoms with E-state index in [1.54, 1.807) is 4.68 Å². The molecule has 1 aromatic heterocycles. The van der Waals surface area contributed by atoms with Crippen LogP contribution in [0.4, 0.5) is 0 Å². The predicted molar refractivity (Wildman–Crippen MR) is 35.9 cm³/mol. The van der Waals surface area contributed by atoms with Gasteiger partial charge >= 0.3 is 0 Å². The van der Waals surface area contributed by atoms with Gasteiger partial charge in [-0.1, -0.05) is 0 Å². The van der Waals surface area contributed by atoms with Crippen molar-refractivity contribution < 1.29 is 0 Å². The summed E-state index contributed by atoms with van der Waals surface area (Å²) in [6.45, 7) is 4.42. The Kier molecular flexibility index (Phi) is 1.53. The van der Waals surface area contributed by atoms with Crippen LogP contribution in [0.1, 0.15) is 11.4 Å². The zero-order chi connectivity index (χ0) is 6.85. The van der Waals surface area contributed by atoms with Crippen LogP contribution >= 0.6 is 0 Å². The topological polar surface area (TPSA) is 43.8 Å². The molecule has 1 rings (SSSR count). The van der Waals surface area contributed by atoms with Gasteiger partial charge < -0.3 is 5.73 Å². The normalized spacial score (nSPS) is 10.1. The minimum atomic E-state index is 0.472. The largest absolute Gasteiger partial charge is 0.312 e. The third-order valence-electron chi connectivity index (χ3n) is 1.28. The lowest BCUT2D eigenvalue weighted by Gasteiger charge is -1.95. The van der Waals surface area contributed by atoms with Crippen LogP contribution in [0.3, 0.4) is 0 Å². The maximum absolute atomic E-state index is 5.36. The number of hydrogen-bond donors (Lipinski definition) is 1. The van der Waals surface area contributed by atoms with Crippen LogP contribution in [0.5, 0.6) is 0 Å². The zero-order valence-electron chi connectivity index (χ0n) is 5.76. The summed E-state index contributed by atoms with van der Waals surface area (Å²) >= 11 is 0. The second-order valence-corrected chi connectivity index (χ2v) is 2.11. The Morgan fingerprint density at radius 3 is 2.56 bits per heavy atom. The van der Waals surface area contributed by atoms with E-state index >= 15 is 0 Å². The molecule has 0 aliphatic rings. The van der Waals surface area contributed by atoms with Gasteiger partial charge in [0.25, 0.3) is 0 Å². The first-order valence-electron chi connectivity index (χ1n) is 2.95. The molecule has 0 atom stereocenters. The maximum atomic E-state index is 5.36. The first-order chi connectivity index (χ1) is 4.24. The van der Waals surface area contributed by atoms with E-state index in [-0.39, 0.29) is 0 Å². The summed E-state index contributed by atoms with van der Waals surface area (Å²) in [5, 5.41) is 4.12. The molecular weight excluding hydrogens is 114 g/mol. The fraction of sp³-hybridized carbons (Fsp3) is 0.500. The summed E-state index contributed by atoms with van der Waals surface area (Å²) in [6.07, 6.45) is 0. The second-order valence-electron chi connectivity index (χ2n) is 2.11. The number of hydrogen-bond acceptors (Lipinski definition) is 2. The van der Waals surface area contributed by atoms with Gasteiger partial charge in [0.15, 0.2) is 0 Å². The molecule has 0 unspecified atom stereocenters. The third-order valence-corrected chi connectivity index (χ3v) is 1.28. The first-order valence-corrected chi connectivity index (χ1v) is 2.95. The van der Waals surface area contributed by atoms with Crippen molar-refractivity contribution in [2.45, 2.75) is 20.5 Å². The SMILES string of the molecule is Cc1cc(C)n(CN)n1. The molecule has 3 heteroatoms. The minimum absolute atomic E-state index is 0.472. The Hall–Kier alpha value is -0.830. The van der Waals surface area contributed by atoms with E-state index < -0.39 is 0 Å². The molecule has 0 amide bonds. The smallest absolute Gasteiger partial charge is 0.0881 e. The lowest BCUT2D eigenvalue weighted by Crippen LogP contribution is -2.09. The monoisotopic (exact) mass is 125 g/mol. The highest BCUT2D eigenvalue weighted by Gasteiger charge is 1.95. The Bertz CT molecular complexity index is 202. The molecule has 0 radical (unpaired) electrons. The van der Waals surface area contributed by atoms with Gasteiger partial charge in [0.2, 0.25) is 0 Å². The molecule has 0 aromatic carbocycles. The fourth-order valence-electron chi connectivity index (χ4n) is 0.860. The van der Waals surface area contributed by atoms with Crippen molar-refractivity contribution in [1.82, 2.24) is 9.78 Å². The van der Waals surface area contributed by atoms with E-state index in [1.807, 2.05) is 19.9 Å². The highest BCUT2D eigenvalue weighted by atomic mass is 15.3. The molecule has 9 heavy (non-hydrogen) atoms. The van der Waals surface area contributed by atoms with Crippen molar-refractivity contribution in [1.29, 1.82) is 0 Å². The Morgan fingerprint density at radius 2 is 2.33 bits per heavy atom. The van der Waals surface area contributed by atoms with E-state index in [1.165, 1.54) is 0 Å².